The van der Waals surface area contributed by atoms with Crippen LogP contribution in [0.2, 0.25) is 0 Å². The van der Waals surface area contributed by atoms with E-state index < -0.39 is 18.0 Å². The molecule has 0 fully saturated rings. The van der Waals surface area contributed by atoms with Crippen molar-refractivity contribution in [2.24, 2.45) is 11.8 Å². The maximum Gasteiger partial charge on any atom is 0.306 e. The fraction of sp³-hybridized carbons (Fsp3) is 0.962. The van der Waals surface area contributed by atoms with Gasteiger partial charge in [0, 0.05) is 0 Å². The Morgan fingerprint density at radius 3 is 1.47 bits per heavy atom. The van der Waals surface area contributed by atoms with E-state index in [2.05, 4.69) is 13.8 Å². The number of carboxylic acid groups (broad SMARTS) is 1. The summed E-state index contributed by atoms with van der Waals surface area (Å²) in [4.78, 5) is 11.9. The normalized spacial score (nSPS) is 14.5. The summed E-state index contributed by atoms with van der Waals surface area (Å²) in [5.41, 5.74) is 0. The highest BCUT2D eigenvalue weighted by atomic mass is 16.4. The van der Waals surface area contributed by atoms with E-state index in [1.165, 1.54) is 77.0 Å². The van der Waals surface area contributed by atoms with E-state index in [0.717, 1.165) is 32.1 Å². The first-order chi connectivity index (χ1) is 14.6. The van der Waals surface area contributed by atoms with Gasteiger partial charge < -0.3 is 15.3 Å². The molecule has 0 aromatic rings. The molecule has 0 aliphatic carbocycles. The minimum atomic E-state index is -0.801. The number of aliphatic hydroxyl groups is 2. The fourth-order valence-corrected chi connectivity index (χ4v) is 4.51. The Morgan fingerprint density at radius 1 is 0.667 bits per heavy atom. The van der Waals surface area contributed by atoms with Crippen LogP contribution in [0, 0.1) is 11.8 Å². The summed E-state index contributed by atoms with van der Waals surface area (Å²) in [5.74, 6) is -1.15. The minimum Gasteiger partial charge on any atom is -0.481 e. The van der Waals surface area contributed by atoms with E-state index in [1.807, 2.05) is 0 Å². The molecule has 0 radical (unpaired) electrons. The third-order valence-corrected chi connectivity index (χ3v) is 6.47. The molecule has 0 aliphatic rings. The van der Waals surface area contributed by atoms with Gasteiger partial charge in [0.15, 0.2) is 0 Å². The van der Waals surface area contributed by atoms with Crippen molar-refractivity contribution in [3.05, 3.63) is 0 Å². The van der Waals surface area contributed by atoms with Crippen LogP contribution in [0.1, 0.15) is 136 Å². The second-order valence-electron chi connectivity index (χ2n) is 9.30. The van der Waals surface area contributed by atoms with Gasteiger partial charge in [-0.2, -0.15) is 0 Å². The Kier molecular flexibility index (Phi) is 21.2. The molecule has 0 saturated carbocycles. The summed E-state index contributed by atoms with van der Waals surface area (Å²) in [7, 11) is 0. The molecule has 0 amide bonds. The van der Waals surface area contributed by atoms with Crippen molar-refractivity contribution in [3.63, 3.8) is 0 Å². The molecule has 0 heterocycles. The second kappa shape index (κ2) is 21.6. The first-order valence-electron chi connectivity index (χ1n) is 13.1. The molecule has 0 saturated heterocycles. The smallest absolute Gasteiger partial charge is 0.306 e. The van der Waals surface area contributed by atoms with Gasteiger partial charge in [0.25, 0.3) is 0 Å². The van der Waals surface area contributed by atoms with E-state index in [4.69, 9.17) is 0 Å². The third-order valence-electron chi connectivity index (χ3n) is 6.47. The monoisotopic (exact) mass is 428 g/mol. The van der Waals surface area contributed by atoms with Crippen LogP contribution in [0.3, 0.4) is 0 Å². The number of hydrogen-bond acceptors (Lipinski definition) is 3. The number of carbonyl (C=O) groups is 1. The van der Waals surface area contributed by atoms with Crippen molar-refractivity contribution in [2.45, 2.75) is 142 Å². The molecule has 3 N–H and O–H groups in total. The van der Waals surface area contributed by atoms with Crippen LogP contribution in [0.25, 0.3) is 0 Å². The summed E-state index contributed by atoms with van der Waals surface area (Å²) < 4.78 is 0. The van der Waals surface area contributed by atoms with Crippen LogP contribution in [-0.2, 0) is 4.79 Å². The lowest BCUT2D eigenvalue weighted by atomic mass is 9.80. The SMILES string of the molecule is CCCCCCCCCCC(CC(O)CO)C(CCCCCCCCCC)C(=O)O. The number of rotatable bonds is 23. The molecule has 0 bridgehead atoms. The highest BCUT2D eigenvalue weighted by Gasteiger charge is 2.29. The lowest BCUT2D eigenvalue weighted by molar-refractivity contribution is -0.144. The zero-order valence-corrected chi connectivity index (χ0v) is 20.1. The van der Waals surface area contributed by atoms with Gasteiger partial charge in [0.1, 0.15) is 0 Å². The molecule has 0 aromatic heterocycles. The molecular weight excluding hydrogens is 376 g/mol. The van der Waals surface area contributed by atoms with Gasteiger partial charge >= 0.3 is 5.97 Å². The Bertz CT molecular complexity index is 372. The van der Waals surface area contributed by atoms with Gasteiger partial charge in [-0.05, 0) is 25.2 Å². The summed E-state index contributed by atoms with van der Waals surface area (Å²) >= 11 is 0. The van der Waals surface area contributed by atoms with Crippen molar-refractivity contribution in [1.82, 2.24) is 0 Å². The van der Waals surface area contributed by atoms with Gasteiger partial charge in [-0.25, -0.2) is 0 Å². The first kappa shape index (κ1) is 29.4. The Labute approximate surface area is 186 Å². The van der Waals surface area contributed by atoms with E-state index in [9.17, 15) is 20.1 Å². The number of unbranched alkanes of at least 4 members (excludes halogenated alkanes) is 14. The van der Waals surface area contributed by atoms with Gasteiger partial charge in [0.05, 0.1) is 18.6 Å². The topological polar surface area (TPSA) is 77.8 Å². The van der Waals surface area contributed by atoms with Gasteiger partial charge in [-0.3, -0.25) is 4.79 Å². The van der Waals surface area contributed by atoms with Crippen molar-refractivity contribution in [2.75, 3.05) is 6.61 Å². The van der Waals surface area contributed by atoms with Crippen LogP contribution in [-0.4, -0.2) is 34.0 Å². The molecule has 3 atom stereocenters. The molecule has 180 valence electrons. The molecule has 3 unspecified atom stereocenters. The average Bonchev–Trinajstić information content (AvgIpc) is 2.73. The predicted molar refractivity (Wildman–Crippen MR) is 127 cm³/mol. The number of aliphatic hydroxyl groups excluding tert-OH is 2. The first-order valence-corrected chi connectivity index (χ1v) is 13.1. The Balaban J connectivity index is 4.30. The quantitative estimate of drug-likeness (QED) is 0.152. The molecule has 0 aliphatic heterocycles. The van der Waals surface area contributed by atoms with Gasteiger partial charge in [-0.15, -0.1) is 0 Å². The van der Waals surface area contributed by atoms with Crippen LogP contribution >= 0.6 is 0 Å². The second-order valence-corrected chi connectivity index (χ2v) is 9.30. The van der Waals surface area contributed by atoms with Gasteiger partial charge in [-0.1, -0.05) is 117 Å². The highest BCUT2D eigenvalue weighted by molar-refractivity contribution is 5.70. The van der Waals surface area contributed by atoms with Crippen molar-refractivity contribution in [1.29, 1.82) is 0 Å². The van der Waals surface area contributed by atoms with E-state index in [0.29, 0.717) is 12.8 Å². The summed E-state index contributed by atoms with van der Waals surface area (Å²) in [6, 6.07) is 0. The molecule has 0 rings (SSSR count). The zero-order valence-electron chi connectivity index (χ0n) is 20.1. The fourth-order valence-electron chi connectivity index (χ4n) is 4.51. The van der Waals surface area contributed by atoms with Crippen molar-refractivity contribution < 1.29 is 20.1 Å². The molecule has 0 spiro atoms. The highest BCUT2D eigenvalue weighted by Crippen LogP contribution is 2.29. The van der Waals surface area contributed by atoms with Crippen LogP contribution in [0.15, 0.2) is 0 Å². The van der Waals surface area contributed by atoms with Crippen LogP contribution < -0.4 is 0 Å². The molecular formula is C26H52O4. The maximum absolute atomic E-state index is 11.9. The van der Waals surface area contributed by atoms with Crippen molar-refractivity contribution in [3.8, 4) is 0 Å². The lowest BCUT2D eigenvalue weighted by Crippen LogP contribution is -2.28. The standard InChI is InChI=1S/C26H52O4/c1-3-5-7-9-11-13-15-17-19-23(21-24(28)22-27)25(26(29)30)20-18-16-14-12-10-8-6-4-2/h23-25,27-28H,3-22H2,1-2H3,(H,29,30). The molecule has 0 aromatic carbocycles. The Hall–Kier alpha value is -0.610. The maximum atomic E-state index is 11.9. The third kappa shape index (κ3) is 17.1. The number of carboxylic acids is 1. The van der Waals surface area contributed by atoms with Crippen molar-refractivity contribution >= 4 is 5.97 Å². The van der Waals surface area contributed by atoms with E-state index >= 15 is 0 Å². The lowest BCUT2D eigenvalue weighted by Gasteiger charge is -2.26. The largest absolute Gasteiger partial charge is 0.481 e. The zero-order chi connectivity index (χ0) is 22.5. The molecule has 4 heteroatoms. The predicted octanol–water partition coefficient (Wildman–Crippen LogP) is 7.11. The van der Waals surface area contributed by atoms with E-state index in [-0.39, 0.29) is 12.5 Å². The summed E-state index contributed by atoms with van der Waals surface area (Å²) in [6.07, 6.45) is 20.7. The van der Waals surface area contributed by atoms with Gasteiger partial charge in [0.2, 0.25) is 0 Å². The number of aliphatic carboxylic acids is 1. The molecule has 4 nitrogen and oxygen atoms in total. The average molecular weight is 429 g/mol. The minimum absolute atomic E-state index is 0.0331. The molecule has 30 heavy (non-hydrogen) atoms. The van der Waals surface area contributed by atoms with Crippen LogP contribution in [0.4, 0.5) is 0 Å². The number of hydrogen-bond donors (Lipinski definition) is 3. The Morgan fingerprint density at radius 2 is 1.07 bits per heavy atom. The summed E-state index contributed by atoms with van der Waals surface area (Å²) in [6.45, 7) is 4.18. The van der Waals surface area contributed by atoms with Crippen LogP contribution in [0.5, 0.6) is 0 Å². The van der Waals surface area contributed by atoms with E-state index in [1.54, 1.807) is 0 Å². The summed E-state index contributed by atoms with van der Waals surface area (Å²) in [5, 5.41) is 29.0.